The molecule has 3 nitrogen and oxygen atoms in total. The summed E-state index contributed by atoms with van der Waals surface area (Å²) in [5, 5.41) is 4.73. The number of hydrogen-bond donors (Lipinski definition) is 0. The second kappa shape index (κ2) is 8.71. The lowest BCUT2D eigenvalue weighted by Gasteiger charge is -2.15. The molecule has 0 spiro atoms. The Bertz CT molecular complexity index is 415. The highest BCUT2D eigenvalue weighted by molar-refractivity contribution is 8.14. The highest BCUT2D eigenvalue weighted by atomic mass is 127. The maximum absolute atomic E-state index is 11.9. The third kappa shape index (κ3) is 8.39. The minimum atomic E-state index is 0. The third-order valence-corrected chi connectivity index (χ3v) is 3.23. The van der Waals surface area contributed by atoms with E-state index in [2.05, 4.69) is 5.10 Å². The summed E-state index contributed by atoms with van der Waals surface area (Å²) in [4.78, 5) is 11.9. The van der Waals surface area contributed by atoms with Crippen molar-refractivity contribution >= 4 is 23.1 Å². The van der Waals surface area contributed by atoms with Crippen LogP contribution in [0.2, 0.25) is 0 Å². The quantitative estimate of drug-likeness (QED) is 0.307. The van der Waals surface area contributed by atoms with Crippen molar-refractivity contribution < 1.29 is 33.4 Å². The lowest BCUT2D eigenvalue weighted by molar-refractivity contribution is -0.876. The number of carbonyl (C=O) groups is 1. The maximum atomic E-state index is 11.9. The van der Waals surface area contributed by atoms with Gasteiger partial charge in [-0.2, -0.15) is 0 Å². The van der Waals surface area contributed by atoms with Crippen molar-refractivity contribution in [3.05, 3.63) is 35.9 Å². The molecule has 1 atom stereocenters. The van der Waals surface area contributed by atoms with Crippen molar-refractivity contribution in [1.29, 1.82) is 0 Å². The topological polar surface area (TPSA) is 29.4 Å². The average molecular weight is 392 g/mol. The zero-order valence-corrected chi connectivity index (χ0v) is 14.8. The highest BCUT2D eigenvalue weighted by Gasteiger charge is 2.11. The van der Waals surface area contributed by atoms with Gasteiger partial charge in [-0.15, -0.1) is 0 Å². The van der Waals surface area contributed by atoms with Crippen LogP contribution in [-0.4, -0.2) is 42.3 Å². The first-order valence-corrected chi connectivity index (χ1v) is 6.88. The molecule has 0 saturated heterocycles. The standard InChI is InChI=1S/C14H21N2OS.HI/c1-12(10-11-15-16(2,3)4)18-14(17)13-8-6-5-7-9-13;/h5-9,11-12H,10H2,1-4H3;1H/q+1;/p-1. The molecule has 1 unspecified atom stereocenters. The Morgan fingerprint density at radius 3 is 2.42 bits per heavy atom. The summed E-state index contributed by atoms with van der Waals surface area (Å²) in [5.41, 5.74) is 0.762. The van der Waals surface area contributed by atoms with E-state index in [1.54, 1.807) is 0 Å². The van der Waals surface area contributed by atoms with Crippen LogP contribution in [0.3, 0.4) is 0 Å². The number of benzene rings is 1. The summed E-state index contributed by atoms with van der Waals surface area (Å²) in [7, 11) is 6.01. The maximum Gasteiger partial charge on any atom is 0.219 e. The second-order valence-corrected chi connectivity index (χ2v) is 6.47. The Morgan fingerprint density at radius 2 is 1.89 bits per heavy atom. The molecule has 5 heteroatoms. The third-order valence-electron chi connectivity index (χ3n) is 2.18. The molecule has 0 fully saturated rings. The molecule has 0 heterocycles. The van der Waals surface area contributed by atoms with Gasteiger partial charge in [0.15, 0.2) is 0 Å². The molecule has 0 amide bonds. The predicted octanol–water partition coefficient (Wildman–Crippen LogP) is 0.0346. The fourth-order valence-corrected chi connectivity index (χ4v) is 2.13. The normalized spacial score (nSPS) is 13.1. The first-order valence-electron chi connectivity index (χ1n) is 6.00. The zero-order chi connectivity index (χ0) is 13.6. The van der Waals surface area contributed by atoms with E-state index in [0.29, 0.717) is 4.59 Å². The van der Waals surface area contributed by atoms with Crippen molar-refractivity contribution in [3.63, 3.8) is 0 Å². The van der Waals surface area contributed by atoms with Crippen LogP contribution in [0.5, 0.6) is 0 Å². The summed E-state index contributed by atoms with van der Waals surface area (Å²) >= 11 is 1.37. The van der Waals surface area contributed by atoms with Gasteiger partial charge in [-0.05, 0) is 0 Å². The zero-order valence-electron chi connectivity index (χ0n) is 11.8. The minimum absolute atomic E-state index is 0. The fraction of sp³-hybridized carbons (Fsp3) is 0.429. The fourth-order valence-electron chi connectivity index (χ4n) is 1.31. The van der Waals surface area contributed by atoms with Gasteiger partial charge in [0.05, 0.1) is 27.4 Å². The molecule has 0 aliphatic heterocycles. The molecule has 0 aromatic heterocycles. The molecule has 0 radical (unpaired) electrons. The molecule has 0 saturated carbocycles. The Labute approximate surface area is 137 Å². The van der Waals surface area contributed by atoms with Gasteiger partial charge in [0.2, 0.25) is 5.12 Å². The molecule has 0 aliphatic carbocycles. The summed E-state index contributed by atoms with van der Waals surface area (Å²) in [6, 6.07) is 9.39. The number of quaternary nitrogens is 1. The lowest BCUT2D eigenvalue weighted by Crippen LogP contribution is -3.00. The van der Waals surface area contributed by atoms with E-state index in [-0.39, 0.29) is 34.3 Å². The Balaban J connectivity index is 0.00000324. The second-order valence-electron chi connectivity index (χ2n) is 5.06. The Kier molecular flexibility index (Phi) is 8.52. The van der Waals surface area contributed by atoms with Gasteiger partial charge in [-0.3, -0.25) is 4.79 Å². The van der Waals surface area contributed by atoms with Crippen LogP contribution in [0, 0.1) is 0 Å². The first-order chi connectivity index (χ1) is 8.38. The van der Waals surface area contributed by atoms with E-state index in [4.69, 9.17) is 0 Å². The average Bonchev–Trinajstić information content (AvgIpc) is 2.28. The van der Waals surface area contributed by atoms with Gasteiger partial charge < -0.3 is 24.0 Å². The predicted molar refractivity (Wildman–Crippen MR) is 79.0 cm³/mol. The number of nitrogens with zero attached hydrogens (tertiary/aromatic N) is 2. The molecule has 0 bridgehead atoms. The minimum Gasteiger partial charge on any atom is -1.00 e. The van der Waals surface area contributed by atoms with Gasteiger partial charge in [-0.25, -0.2) is 4.59 Å². The van der Waals surface area contributed by atoms with Crippen LogP contribution in [0.25, 0.3) is 0 Å². The summed E-state index contributed by atoms with van der Waals surface area (Å²) in [6.07, 6.45) is 2.70. The number of halogens is 1. The largest absolute Gasteiger partial charge is 1.00 e. The molecule has 1 aromatic carbocycles. The van der Waals surface area contributed by atoms with E-state index in [0.717, 1.165) is 12.0 Å². The smallest absolute Gasteiger partial charge is 0.219 e. The van der Waals surface area contributed by atoms with E-state index in [9.17, 15) is 4.79 Å². The SMILES string of the molecule is CC(CC=N[N+](C)(C)C)SC(=O)c1ccccc1.[I-]. The van der Waals surface area contributed by atoms with Crippen molar-refractivity contribution in [2.45, 2.75) is 18.6 Å². The van der Waals surface area contributed by atoms with Crippen LogP contribution in [-0.2, 0) is 0 Å². The highest BCUT2D eigenvalue weighted by Crippen LogP contribution is 2.19. The first kappa shape index (κ1) is 18.6. The van der Waals surface area contributed by atoms with Crippen molar-refractivity contribution in [2.24, 2.45) is 5.10 Å². The number of carbonyl (C=O) groups excluding carboxylic acids is 1. The molecular weight excluding hydrogens is 371 g/mol. The van der Waals surface area contributed by atoms with E-state index >= 15 is 0 Å². The van der Waals surface area contributed by atoms with Crippen molar-refractivity contribution in [3.8, 4) is 0 Å². The molecule has 1 aromatic rings. The van der Waals surface area contributed by atoms with Gasteiger partial charge in [0.1, 0.15) is 0 Å². The van der Waals surface area contributed by atoms with Crippen LogP contribution in [0.4, 0.5) is 0 Å². The molecule has 19 heavy (non-hydrogen) atoms. The van der Waals surface area contributed by atoms with Crippen LogP contribution in [0.1, 0.15) is 23.7 Å². The molecule has 0 aliphatic rings. The van der Waals surface area contributed by atoms with Crippen LogP contribution < -0.4 is 24.0 Å². The van der Waals surface area contributed by atoms with Crippen LogP contribution in [0.15, 0.2) is 35.4 Å². The molecule has 0 N–H and O–H groups in total. The summed E-state index contributed by atoms with van der Waals surface area (Å²) < 4.78 is 0.560. The van der Waals surface area contributed by atoms with Gasteiger partial charge in [-0.1, -0.05) is 54.1 Å². The number of thioether (sulfide) groups is 1. The number of hydrogen-bond acceptors (Lipinski definition) is 3. The van der Waals surface area contributed by atoms with Crippen molar-refractivity contribution in [1.82, 2.24) is 0 Å². The Hall–Kier alpha value is -0.400. The van der Waals surface area contributed by atoms with E-state index < -0.39 is 0 Å². The monoisotopic (exact) mass is 392 g/mol. The van der Waals surface area contributed by atoms with Crippen molar-refractivity contribution in [2.75, 3.05) is 21.1 Å². The van der Waals surface area contributed by atoms with E-state index in [1.165, 1.54) is 11.8 Å². The van der Waals surface area contributed by atoms with Gasteiger partial charge in [0, 0.05) is 17.2 Å². The number of rotatable bonds is 5. The summed E-state index contributed by atoms with van der Waals surface area (Å²) in [5.74, 6) is 0. The molecule has 1 rings (SSSR count). The Morgan fingerprint density at radius 1 is 1.32 bits per heavy atom. The molecular formula is C14H21IN2OS. The lowest BCUT2D eigenvalue weighted by atomic mass is 10.2. The van der Waals surface area contributed by atoms with Gasteiger partial charge in [0.25, 0.3) is 0 Å². The van der Waals surface area contributed by atoms with Gasteiger partial charge >= 0.3 is 0 Å². The van der Waals surface area contributed by atoms with E-state index in [1.807, 2.05) is 64.6 Å². The van der Waals surface area contributed by atoms with Crippen LogP contribution >= 0.6 is 11.8 Å². The molecule has 106 valence electrons. The summed E-state index contributed by atoms with van der Waals surface area (Å²) in [6.45, 7) is 2.05.